The maximum atomic E-state index is 12.1. The molecule has 6 heteroatoms. The quantitative estimate of drug-likeness (QED) is 0.825. The number of methoxy groups -OCH3 is 1. The van der Waals surface area contributed by atoms with E-state index in [-0.39, 0.29) is 11.9 Å². The first-order chi connectivity index (χ1) is 13.1. The minimum atomic E-state index is -0.221. The van der Waals surface area contributed by atoms with Crippen LogP contribution in [-0.2, 0) is 24.3 Å². The van der Waals surface area contributed by atoms with E-state index in [0.29, 0.717) is 19.5 Å². The van der Waals surface area contributed by atoms with Gasteiger partial charge in [0.05, 0.1) is 7.11 Å². The summed E-state index contributed by atoms with van der Waals surface area (Å²) in [7, 11) is 1.62. The fourth-order valence-electron chi connectivity index (χ4n) is 3.22. The molecule has 0 radical (unpaired) electrons. The fraction of sp³-hybridized carbons (Fsp3) is 0.333. The molecule has 2 aromatic carbocycles. The number of nitrogens with zero attached hydrogens (tertiary/aromatic N) is 1. The Morgan fingerprint density at radius 1 is 1.07 bits per heavy atom. The van der Waals surface area contributed by atoms with Crippen molar-refractivity contribution in [2.45, 2.75) is 32.9 Å². The van der Waals surface area contributed by atoms with Crippen molar-refractivity contribution < 1.29 is 14.3 Å². The van der Waals surface area contributed by atoms with Gasteiger partial charge in [0.25, 0.3) is 0 Å². The van der Waals surface area contributed by atoms with Crippen molar-refractivity contribution >= 4 is 17.6 Å². The number of amides is 3. The number of benzene rings is 2. The average Bonchev–Trinajstić information content (AvgIpc) is 3.13. The standard InChI is InChI=1S/C21H25N3O3/c1-3-20(25)24-10-9-17-11-16(7-8-19(17)24)14-23-21(26)22-13-15-5-4-6-18(12-15)27-2/h4-8,11-12H,3,9-10,13-14H2,1-2H3,(H2,22,23,26). The molecule has 0 aliphatic carbocycles. The van der Waals surface area contributed by atoms with Crippen LogP contribution in [0.2, 0.25) is 0 Å². The summed E-state index contributed by atoms with van der Waals surface area (Å²) in [5.41, 5.74) is 4.15. The van der Waals surface area contributed by atoms with E-state index in [1.807, 2.05) is 48.2 Å². The van der Waals surface area contributed by atoms with Gasteiger partial charge in [-0.3, -0.25) is 4.79 Å². The lowest BCUT2D eigenvalue weighted by molar-refractivity contribution is -0.118. The van der Waals surface area contributed by atoms with E-state index in [4.69, 9.17) is 4.74 Å². The molecule has 0 fully saturated rings. The molecule has 0 saturated carbocycles. The van der Waals surface area contributed by atoms with Crippen molar-refractivity contribution in [3.8, 4) is 5.75 Å². The van der Waals surface area contributed by atoms with Crippen LogP contribution in [0.3, 0.4) is 0 Å². The summed E-state index contributed by atoms with van der Waals surface area (Å²) < 4.78 is 5.18. The first-order valence-corrected chi connectivity index (χ1v) is 9.17. The second kappa shape index (κ2) is 8.58. The Labute approximate surface area is 159 Å². The summed E-state index contributed by atoms with van der Waals surface area (Å²) in [6.07, 6.45) is 1.37. The predicted molar refractivity (Wildman–Crippen MR) is 105 cm³/mol. The van der Waals surface area contributed by atoms with Gasteiger partial charge in [-0.15, -0.1) is 0 Å². The Kier molecular flexibility index (Phi) is 5.96. The number of nitrogens with one attached hydrogen (secondary N) is 2. The molecule has 3 amide bonds. The summed E-state index contributed by atoms with van der Waals surface area (Å²) in [6, 6.07) is 13.4. The lowest BCUT2D eigenvalue weighted by atomic mass is 10.1. The Balaban J connectivity index is 1.51. The third-order valence-electron chi connectivity index (χ3n) is 4.68. The molecule has 2 N–H and O–H groups in total. The van der Waals surface area contributed by atoms with Crippen molar-refractivity contribution in [1.29, 1.82) is 0 Å². The highest BCUT2D eigenvalue weighted by molar-refractivity contribution is 5.95. The molecule has 3 rings (SSSR count). The maximum absolute atomic E-state index is 12.1. The highest BCUT2D eigenvalue weighted by atomic mass is 16.5. The van der Waals surface area contributed by atoms with E-state index in [1.165, 1.54) is 0 Å². The van der Waals surface area contributed by atoms with Crippen LogP contribution >= 0.6 is 0 Å². The molecule has 142 valence electrons. The molecule has 1 aliphatic rings. The Morgan fingerprint density at radius 3 is 2.52 bits per heavy atom. The Hall–Kier alpha value is -3.02. The molecule has 0 spiro atoms. The summed E-state index contributed by atoms with van der Waals surface area (Å²) in [5.74, 6) is 0.917. The number of rotatable bonds is 6. The fourth-order valence-corrected chi connectivity index (χ4v) is 3.22. The van der Waals surface area contributed by atoms with E-state index in [2.05, 4.69) is 16.7 Å². The molecule has 6 nitrogen and oxygen atoms in total. The number of ether oxygens (including phenoxy) is 1. The summed E-state index contributed by atoms with van der Waals surface area (Å²) in [5, 5.41) is 5.72. The van der Waals surface area contributed by atoms with Gasteiger partial charge >= 0.3 is 6.03 Å². The van der Waals surface area contributed by atoms with E-state index in [1.54, 1.807) is 7.11 Å². The second-order valence-corrected chi connectivity index (χ2v) is 6.50. The molecule has 1 heterocycles. The zero-order chi connectivity index (χ0) is 19.2. The first-order valence-electron chi connectivity index (χ1n) is 9.17. The van der Waals surface area contributed by atoms with Crippen LogP contribution in [0.25, 0.3) is 0 Å². The van der Waals surface area contributed by atoms with Crippen LogP contribution in [0, 0.1) is 0 Å². The predicted octanol–water partition coefficient (Wildman–Crippen LogP) is 2.99. The Bertz CT molecular complexity index is 835. The van der Waals surface area contributed by atoms with Crippen LogP contribution in [0.1, 0.15) is 30.0 Å². The van der Waals surface area contributed by atoms with Crippen LogP contribution in [0.4, 0.5) is 10.5 Å². The van der Waals surface area contributed by atoms with Gasteiger partial charge in [-0.1, -0.05) is 31.2 Å². The lowest BCUT2D eigenvalue weighted by Gasteiger charge is -2.16. The molecule has 27 heavy (non-hydrogen) atoms. The Morgan fingerprint density at radius 2 is 1.81 bits per heavy atom. The summed E-state index contributed by atoms with van der Waals surface area (Å²) in [4.78, 5) is 25.9. The number of carbonyl (C=O) groups is 2. The van der Waals surface area contributed by atoms with Gasteiger partial charge in [0.2, 0.25) is 5.91 Å². The van der Waals surface area contributed by atoms with Crippen molar-refractivity contribution in [2.24, 2.45) is 0 Å². The smallest absolute Gasteiger partial charge is 0.315 e. The SMILES string of the molecule is CCC(=O)N1CCc2cc(CNC(=O)NCc3cccc(OC)c3)ccc21. The topological polar surface area (TPSA) is 70.7 Å². The minimum Gasteiger partial charge on any atom is -0.497 e. The average molecular weight is 367 g/mol. The third kappa shape index (κ3) is 4.58. The number of hydrogen-bond donors (Lipinski definition) is 2. The molecular formula is C21H25N3O3. The van der Waals surface area contributed by atoms with Crippen molar-refractivity contribution in [3.05, 3.63) is 59.2 Å². The normalized spacial score (nSPS) is 12.4. The number of anilines is 1. The van der Waals surface area contributed by atoms with Gasteiger partial charge < -0.3 is 20.3 Å². The largest absolute Gasteiger partial charge is 0.497 e. The lowest BCUT2D eigenvalue weighted by Crippen LogP contribution is -2.34. The molecular weight excluding hydrogens is 342 g/mol. The van der Waals surface area contributed by atoms with E-state index >= 15 is 0 Å². The summed E-state index contributed by atoms with van der Waals surface area (Å²) in [6.45, 7) is 3.49. The van der Waals surface area contributed by atoms with Gasteiger partial charge in [-0.05, 0) is 41.3 Å². The molecule has 0 saturated heterocycles. The van der Waals surface area contributed by atoms with Gasteiger partial charge in [0.1, 0.15) is 5.75 Å². The number of fused-ring (bicyclic) bond motifs is 1. The second-order valence-electron chi connectivity index (χ2n) is 6.50. The number of urea groups is 1. The van der Waals surface area contributed by atoms with Crippen LogP contribution < -0.4 is 20.3 Å². The summed E-state index contributed by atoms with van der Waals surface area (Å²) >= 11 is 0. The van der Waals surface area contributed by atoms with Crippen molar-refractivity contribution in [2.75, 3.05) is 18.6 Å². The van der Waals surface area contributed by atoms with E-state index in [9.17, 15) is 9.59 Å². The molecule has 0 unspecified atom stereocenters. The van der Waals surface area contributed by atoms with E-state index in [0.717, 1.165) is 41.1 Å². The molecule has 0 aromatic heterocycles. The van der Waals surface area contributed by atoms with Gasteiger partial charge in [0, 0.05) is 31.7 Å². The molecule has 2 aromatic rings. The zero-order valence-electron chi connectivity index (χ0n) is 15.7. The van der Waals surface area contributed by atoms with Crippen molar-refractivity contribution in [1.82, 2.24) is 10.6 Å². The number of carbonyl (C=O) groups excluding carboxylic acids is 2. The van der Waals surface area contributed by atoms with Gasteiger partial charge in [0.15, 0.2) is 0 Å². The highest BCUT2D eigenvalue weighted by Crippen LogP contribution is 2.29. The molecule has 0 atom stereocenters. The van der Waals surface area contributed by atoms with Gasteiger partial charge in [-0.25, -0.2) is 4.79 Å². The highest BCUT2D eigenvalue weighted by Gasteiger charge is 2.23. The molecule has 0 bridgehead atoms. The van der Waals surface area contributed by atoms with Gasteiger partial charge in [-0.2, -0.15) is 0 Å². The third-order valence-corrected chi connectivity index (χ3v) is 4.68. The first kappa shape index (κ1) is 18.8. The van der Waals surface area contributed by atoms with Crippen LogP contribution in [0.15, 0.2) is 42.5 Å². The van der Waals surface area contributed by atoms with Crippen molar-refractivity contribution in [3.63, 3.8) is 0 Å². The molecule has 1 aliphatic heterocycles. The van der Waals surface area contributed by atoms with Crippen LogP contribution in [-0.4, -0.2) is 25.6 Å². The minimum absolute atomic E-state index is 0.150. The maximum Gasteiger partial charge on any atom is 0.315 e. The number of hydrogen-bond acceptors (Lipinski definition) is 3. The zero-order valence-corrected chi connectivity index (χ0v) is 15.7. The van der Waals surface area contributed by atoms with E-state index < -0.39 is 0 Å². The van der Waals surface area contributed by atoms with Crippen LogP contribution in [0.5, 0.6) is 5.75 Å². The monoisotopic (exact) mass is 367 g/mol.